The van der Waals surface area contributed by atoms with Crippen LogP contribution in [0.15, 0.2) is 24.3 Å². The number of aryl methyl sites for hydroxylation is 2. The van der Waals surface area contributed by atoms with Gasteiger partial charge in [-0.05, 0) is 62.4 Å². The van der Waals surface area contributed by atoms with E-state index in [1.165, 1.54) is 6.08 Å². The van der Waals surface area contributed by atoms with Crippen LogP contribution in [0.3, 0.4) is 0 Å². The topological polar surface area (TPSA) is 97.4 Å². The zero-order valence-electron chi connectivity index (χ0n) is 18.6. The predicted molar refractivity (Wildman–Crippen MR) is 121 cm³/mol. The van der Waals surface area contributed by atoms with Crippen molar-refractivity contribution in [3.8, 4) is 17.6 Å². The molecule has 2 heterocycles. The van der Waals surface area contributed by atoms with Crippen LogP contribution in [0.4, 0.5) is 0 Å². The molecular weight excluding hydrogens is 406 g/mol. The Kier molecular flexibility index (Phi) is 5.62. The lowest BCUT2D eigenvalue weighted by Crippen LogP contribution is -2.20. The summed E-state index contributed by atoms with van der Waals surface area (Å²) in [5, 5.41) is 20.1. The van der Waals surface area contributed by atoms with Gasteiger partial charge in [0.2, 0.25) is 0 Å². The highest BCUT2D eigenvalue weighted by atomic mass is 16.5. The Morgan fingerprint density at radius 3 is 2.75 bits per heavy atom. The van der Waals surface area contributed by atoms with E-state index in [0.29, 0.717) is 22.7 Å². The van der Waals surface area contributed by atoms with E-state index < -0.39 is 5.97 Å². The number of hydrogen-bond acceptors (Lipinski definition) is 5. The number of nitrogens with zero attached hydrogens (tertiary/aromatic N) is 3. The number of ether oxygens (including phenoxy) is 2. The van der Waals surface area contributed by atoms with Crippen LogP contribution in [0.2, 0.25) is 0 Å². The summed E-state index contributed by atoms with van der Waals surface area (Å²) in [5.41, 5.74) is 5.61. The number of pyridine rings is 1. The number of carboxylic acid groups (broad SMARTS) is 1. The van der Waals surface area contributed by atoms with E-state index in [1.807, 2.05) is 36.6 Å². The number of benzene rings is 1. The lowest BCUT2D eigenvalue weighted by Gasteiger charge is -2.30. The van der Waals surface area contributed by atoms with Gasteiger partial charge < -0.3 is 19.1 Å². The number of rotatable bonds is 5. The maximum Gasteiger partial charge on any atom is 0.328 e. The molecule has 0 saturated carbocycles. The number of methoxy groups -OCH3 is 2. The van der Waals surface area contributed by atoms with Crippen LogP contribution in [0.1, 0.15) is 52.5 Å². The summed E-state index contributed by atoms with van der Waals surface area (Å²) in [6.45, 7) is 3.88. The Morgan fingerprint density at radius 2 is 2.09 bits per heavy atom. The average Bonchev–Trinajstić information content (AvgIpc) is 3.09. The normalized spacial score (nSPS) is 15.5. The molecule has 0 radical (unpaired) electrons. The Bertz CT molecular complexity index is 1300. The molecule has 7 heteroatoms. The first-order valence-corrected chi connectivity index (χ1v) is 10.5. The van der Waals surface area contributed by atoms with Gasteiger partial charge >= 0.3 is 5.97 Å². The number of fused-ring (bicyclic) bond motifs is 2. The van der Waals surface area contributed by atoms with Crippen molar-refractivity contribution in [2.45, 2.75) is 39.2 Å². The maximum atomic E-state index is 11.3. The van der Waals surface area contributed by atoms with Gasteiger partial charge in [-0.15, -0.1) is 0 Å². The minimum atomic E-state index is -1.07. The van der Waals surface area contributed by atoms with Crippen LogP contribution in [0.25, 0.3) is 17.1 Å². The Balaban J connectivity index is 2.07. The molecular formula is C25H25N3O4. The van der Waals surface area contributed by atoms with Crippen LogP contribution in [-0.4, -0.2) is 34.8 Å². The van der Waals surface area contributed by atoms with Crippen LogP contribution < -0.4 is 9.47 Å². The Hall–Kier alpha value is -3.79. The zero-order chi connectivity index (χ0) is 23.0. The van der Waals surface area contributed by atoms with E-state index >= 15 is 0 Å². The molecule has 1 aliphatic carbocycles. The largest absolute Gasteiger partial charge is 0.493 e. The second-order valence-electron chi connectivity index (χ2n) is 7.97. The van der Waals surface area contributed by atoms with Crippen LogP contribution >= 0.6 is 0 Å². The summed E-state index contributed by atoms with van der Waals surface area (Å²) >= 11 is 0. The van der Waals surface area contributed by atoms with Crippen LogP contribution in [0.5, 0.6) is 11.5 Å². The first-order chi connectivity index (χ1) is 15.4. The third-order valence-electron chi connectivity index (χ3n) is 6.07. The maximum absolute atomic E-state index is 11.3. The summed E-state index contributed by atoms with van der Waals surface area (Å²) in [7, 11) is 3.25. The van der Waals surface area contributed by atoms with Gasteiger partial charge in [0, 0.05) is 22.7 Å². The Labute approximate surface area is 186 Å². The van der Waals surface area contributed by atoms with Crippen molar-refractivity contribution in [3.05, 3.63) is 57.9 Å². The van der Waals surface area contributed by atoms with Crippen molar-refractivity contribution in [2.24, 2.45) is 0 Å². The predicted octanol–water partition coefficient (Wildman–Crippen LogP) is 4.57. The summed E-state index contributed by atoms with van der Waals surface area (Å²) in [6, 6.07) is 8.05. The third kappa shape index (κ3) is 3.38. The van der Waals surface area contributed by atoms with Gasteiger partial charge in [-0.2, -0.15) is 5.26 Å². The molecule has 4 rings (SSSR count). The highest BCUT2D eigenvalue weighted by Crippen LogP contribution is 2.44. The fraction of sp³-hybridized carbons (Fsp3) is 0.320. The van der Waals surface area contributed by atoms with E-state index in [1.54, 1.807) is 14.2 Å². The van der Waals surface area contributed by atoms with E-state index in [-0.39, 0.29) is 6.04 Å². The first kappa shape index (κ1) is 21.4. The SMILES string of the molecule is COc1ccc2c(c1OC)CCCC2n1c(/C=C/C(=O)O)c(C#N)c2c(C)cc(C)nc21. The standard InChI is InChI=1S/C25H25N3O4/c1-14-12-15(2)27-25-23(14)18(13-26)20(9-11-22(29)30)28(25)19-7-5-6-17-16(19)8-10-21(31-3)24(17)32-4/h8-12,19H,5-7H2,1-4H3,(H,29,30)/b11-9+. The van der Waals surface area contributed by atoms with Gasteiger partial charge in [-0.1, -0.05) is 6.07 Å². The van der Waals surface area contributed by atoms with Gasteiger partial charge in [-0.25, -0.2) is 9.78 Å². The highest BCUT2D eigenvalue weighted by Gasteiger charge is 2.31. The molecule has 1 atom stereocenters. The summed E-state index contributed by atoms with van der Waals surface area (Å²) in [5.74, 6) is 0.328. The second-order valence-corrected chi connectivity index (χ2v) is 7.97. The van der Waals surface area contributed by atoms with Gasteiger partial charge in [-0.3, -0.25) is 0 Å². The molecule has 0 amide bonds. The molecule has 0 aliphatic heterocycles. The quantitative estimate of drug-likeness (QED) is 0.595. The van der Waals surface area contributed by atoms with Crippen molar-refractivity contribution < 1.29 is 19.4 Å². The molecule has 164 valence electrons. The van der Waals surface area contributed by atoms with Crippen molar-refractivity contribution in [1.82, 2.24) is 9.55 Å². The number of carboxylic acids is 1. The van der Waals surface area contributed by atoms with E-state index in [0.717, 1.165) is 58.9 Å². The number of hydrogen-bond donors (Lipinski definition) is 1. The second kappa shape index (κ2) is 8.39. The fourth-order valence-electron chi connectivity index (χ4n) is 4.88. The number of nitriles is 1. The molecule has 2 aromatic heterocycles. The van der Waals surface area contributed by atoms with E-state index in [9.17, 15) is 15.2 Å². The minimum absolute atomic E-state index is 0.120. The molecule has 32 heavy (non-hydrogen) atoms. The van der Waals surface area contributed by atoms with Crippen LogP contribution in [-0.2, 0) is 11.2 Å². The Morgan fingerprint density at radius 1 is 1.31 bits per heavy atom. The van der Waals surface area contributed by atoms with E-state index in [4.69, 9.17) is 14.5 Å². The molecule has 0 saturated heterocycles. The van der Waals surface area contributed by atoms with Crippen molar-refractivity contribution in [3.63, 3.8) is 0 Å². The smallest absolute Gasteiger partial charge is 0.328 e. The lowest BCUT2D eigenvalue weighted by atomic mass is 9.86. The van der Waals surface area contributed by atoms with Gasteiger partial charge in [0.05, 0.1) is 31.5 Å². The summed E-state index contributed by atoms with van der Waals surface area (Å²) in [6.07, 6.45) is 5.18. The molecule has 7 nitrogen and oxygen atoms in total. The molecule has 0 spiro atoms. The molecule has 1 N–H and O–H groups in total. The molecule has 0 bridgehead atoms. The first-order valence-electron chi connectivity index (χ1n) is 10.5. The number of carbonyl (C=O) groups is 1. The molecule has 1 unspecified atom stereocenters. The van der Waals surface area contributed by atoms with Crippen molar-refractivity contribution in [2.75, 3.05) is 14.2 Å². The third-order valence-corrected chi connectivity index (χ3v) is 6.07. The molecule has 1 aromatic carbocycles. The summed E-state index contributed by atoms with van der Waals surface area (Å²) in [4.78, 5) is 16.1. The number of aromatic nitrogens is 2. The summed E-state index contributed by atoms with van der Waals surface area (Å²) < 4.78 is 13.2. The van der Waals surface area contributed by atoms with Crippen LogP contribution in [0, 0.1) is 25.2 Å². The van der Waals surface area contributed by atoms with Gasteiger partial charge in [0.1, 0.15) is 11.7 Å². The highest BCUT2D eigenvalue weighted by molar-refractivity contribution is 5.94. The molecule has 1 aliphatic rings. The zero-order valence-corrected chi connectivity index (χ0v) is 18.6. The van der Waals surface area contributed by atoms with Crippen molar-refractivity contribution >= 4 is 23.1 Å². The number of aliphatic carboxylic acids is 1. The van der Waals surface area contributed by atoms with Gasteiger partial charge in [0.15, 0.2) is 11.5 Å². The van der Waals surface area contributed by atoms with Crippen molar-refractivity contribution in [1.29, 1.82) is 5.26 Å². The average molecular weight is 431 g/mol. The molecule has 3 aromatic rings. The molecule has 0 fully saturated rings. The minimum Gasteiger partial charge on any atom is -0.493 e. The van der Waals surface area contributed by atoms with Gasteiger partial charge in [0.25, 0.3) is 0 Å². The van der Waals surface area contributed by atoms with E-state index in [2.05, 4.69) is 6.07 Å². The fourth-order valence-corrected chi connectivity index (χ4v) is 4.88. The lowest BCUT2D eigenvalue weighted by molar-refractivity contribution is -0.131. The monoisotopic (exact) mass is 431 g/mol.